The van der Waals surface area contributed by atoms with Gasteiger partial charge in [-0.15, -0.1) is 0 Å². The number of Topliss-reactive ketones (excluding diaryl/α,β-unsaturated/α-hetero) is 1. The van der Waals surface area contributed by atoms with Crippen LogP contribution in [0.5, 0.6) is 0 Å². The minimum atomic E-state index is -0.566. The van der Waals surface area contributed by atoms with Gasteiger partial charge in [-0.25, -0.2) is 4.79 Å². The summed E-state index contributed by atoms with van der Waals surface area (Å²) >= 11 is 0. The molecule has 1 aliphatic rings. The second-order valence-electron chi connectivity index (χ2n) is 4.89. The molecule has 1 radical (unpaired) electrons. The number of hydrogen-bond acceptors (Lipinski definition) is 4. The zero-order chi connectivity index (χ0) is 13.0. The number of amides is 1. The number of ketones is 1. The molecule has 97 valence electrons. The van der Waals surface area contributed by atoms with E-state index in [0.717, 1.165) is 13.0 Å². The van der Waals surface area contributed by atoms with Gasteiger partial charge in [-0.1, -0.05) is 20.8 Å². The Bertz CT molecular complexity index is 291. The van der Waals surface area contributed by atoms with E-state index in [0.29, 0.717) is 12.0 Å². The van der Waals surface area contributed by atoms with Crippen molar-refractivity contribution in [2.24, 2.45) is 11.8 Å². The third kappa shape index (κ3) is 3.70. The van der Waals surface area contributed by atoms with E-state index in [4.69, 9.17) is 0 Å². The van der Waals surface area contributed by atoms with Crippen LogP contribution in [0.4, 0.5) is 4.79 Å². The summed E-state index contributed by atoms with van der Waals surface area (Å²) < 4.78 is 4.53. The number of carbonyl (C=O) groups excluding carboxylic acids is 2. The molecule has 5 nitrogen and oxygen atoms in total. The number of methoxy groups -OCH3 is 1. The minimum Gasteiger partial charge on any atom is -0.453 e. The van der Waals surface area contributed by atoms with Crippen molar-refractivity contribution < 1.29 is 14.3 Å². The Balaban J connectivity index is 2.63. The fraction of sp³-hybridized carbons (Fsp3) is 0.750. The second-order valence-corrected chi connectivity index (χ2v) is 4.89. The average molecular weight is 241 g/mol. The molecule has 2 N–H and O–H groups in total. The lowest BCUT2D eigenvalue weighted by molar-refractivity contribution is -0.120. The highest BCUT2D eigenvalue weighted by atomic mass is 16.5. The Hall–Kier alpha value is -1.10. The molecular formula is C12H21N2O3. The summed E-state index contributed by atoms with van der Waals surface area (Å²) in [5, 5.41) is 5.69. The van der Waals surface area contributed by atoms with Crippen LogP contribution < -0.4 is 10.6 Å². The van der Waals surface area contributed by atoms with Gasteiger partial charge >= 0.3 is 6.09 Å². The van der Waals surface area contributed by atoms with E-state index in [1.54, 1.807) is 0 Å². The standard InChI is InChI=1S/C12H21N2O3/c1-7(2)10(14-12(16)17-4)11(15)9-5-8(3)6-13-9/h7-8,10,13H,5-6H2,1-4H3,(H,14,16)/t8-,10-/m0/s1. The van der Waals surface area contributed by atoms with Crippen LogP contribution in [0.3, 0.4) is 0 Å². The van der Waals surface area contributed by atoms with Crippen molar-refractivity contribution in [3.8, 4) is 0 Å². The van der Waals surface area contributed by atoms with Crippen molar-refractivity contribution in [2.75, 3.05) is 13.7 Å². The number of rotatable bonds is 4. The summed E-state index contributed by atoms with van der Waals surface area (Å²) in [6.45, 7) is 6.71. The molecule has 1 aliphatic heterocycles. The molecule has 0 aromatic carbocycles. The lowest BCUT2D eigenvalue weighted by Gasteiger charge is -2.23. The van der Waals surface area contributed by atoms with E-state index in [9.17, 15) is 9.59 Å². The molecule has 5 heteroatoms. The molecule has 0 unspecified atom stereocenters. The van der Waals surface area contributed by atoms with Crippen molar-refractivity contribution in [3.63, 3.8) is 0 Å². The fourth-order valence-electron chi connectivity index (χ4n) is 1.89. The zero-order valence-corrected chi connectivity index (χ0v) is 10.9. The van der Waals surface area contributed by atoms with E-state index in [-0.39, 0.29) is 11.7 Å². The van der Waals surface area contributed by atoms with Crippen LogP contribution in [0.1, 0.15) is 27.2 Å². The number of ether oxygens (including phenoxy) is 1. The van der Waals surface area contributed by atoms with Gasteiger partial charge in [0, 0.05) is 0 Å². The first kappa shape index (κ1) is 14.0. The fourth-order valence-corrected chi connectivity index (χ4v) is 1.89. The zero-order valence-electron chi connectivity index (χ0n) is 10.9. The predicted molar refractivity (Wildman–Crippen MR) is 64.2 cm³/mol. The molecule has 0 saturated carbocycles. The van der Waals surface area contributed by atoms with Gasteiger partial charge in [-0.05, 0) is 24.8 Å². The minimum absolute atomic E-state index is 0.0326. The van der Waals surface area contributed by atoms with Gasteiger partial charge in [0.05, 0.1) is 13.2 Å². The predicted octanol–water partition coefficient (Wildman–Crippen LogP) is 1.10. The highest BCUT2D eigenvalue weighted by Crippen LogP contribution is 2.22. The maximum Gasteiger partial charge on any atom is 0.407 e. The molecule has 1 fully saturated rings. The maximum absolute atomic E-state index is 12.2. The lowest BCUT2D eigenvalue weighted by Crippen LogP contribution is -2.47. The molecule has 0 aliphatic carbocycles. The molecule has 1 rings (SSSR count). The van der Waals surface area contributed by atoms with E-state index in [1.807, 2.05) is 13.8 Å². The highest BCUT2D eigenvalue weighted by Gasteiger charge is 2.35. The number of alkyl carbamates (subject to hydrolysis) is 1. The van der Waals surface area contributed by atoms with Crippen molar-refractivity contribution in [2.45, 2.75) is 33.2 Å². The number of hydrogen-bond donors (Lipinski definition) is 2. The monoisotopic (exact) mass is 241 g/mol. The van der Waals surface area contributed by atoms with E-state index in [2.05, 4.69) is 22.3 Å². The Morgan fingerprint density at radius 3 is 2.53 bits per heavy atom. The molecular weight excluding hydrogens is 220 g/mol. The van der Waals surface area contributed by atoms with E-state index < -0.39 is 12.1 Å². The normalized spacial score (nSPS) is 22.5. The second kappa shape index (κ2) is 6.00. The third-order valence-corrected chi connectivity index (χ3v) is 2.92. The Labute approximate surface area is 102 Å². The first-order valence-electron chi connectivity index (χ1n) is 5.94. The number of carbonyl (C=O) groups is 2. The SMILES string of the molecule is COC(=O)N[C@H](C(=O)[C]1C[C@H](C)CN1)C(C)C. The summed E-state index contributed by atoms with van der Waals surface area (Å²) in [5.41, 5.74) is 0. The highest BCUT2D eigenvalue weighted by molar-refractivity contribution is 5.98. The molecule has 1 heterocycles. The Morgan fingerprint density at radius 1 is 1.47 bits per heavy atom. The first-order chi connectivity index (χ1) is 7.95. The first-order valence-corrected chi connectivity index (χ1v) is 5.94. The Kier molecular flexibility index (Phi) is 4.93. The molecule has 0 spiro atoms. The van der Waals surface area contributed by atoms with Crippen molar-refractivity contribution >= 4 is 11.9 Å². The molecule has 17 heavy (non-hydrogen) atoms. The van der Waals surface area contributed by atoms with Gasteiger partial charge in [0.2, 0.25) is 0 Å². The van der Waals surface area contributed by atoms with E-state index >= 15 is 0 Å². The summed E-state index contributed by atoms with van der Waals surface area (Å²) in [7, 11) is 1.29. The molecule has 0 aromatic heterocycles. The molecule has 0 aromatic rings. The van der Waals surface area contributed by atoms with Crippen molar-refractivity contribution in [3.05, 3.63) is 6.04 Å². The topological polar surface area (TPSA) is 67.4 Å². The summed E-state index contributed by atoms with van der Waals surface area (Å²) in [5.74, 6) is 0.474. The van der Waals surface area contributed by atoms with Gasteiger partial charge in [0.25, 0.3) is 0 Å². The smallest absolute Gasteiger partial charge is 0.407 e. The van der Waals surface area contributed by atoms with Crippen LogP contribution in [-0.2, 0) is 9.53 Å². The van der Waals surface area contributed by atoms with Gasteiger partial charge in [-0.3, -0.25) is 4.79 Å². The van der Waals surface area contributed by atoms with Crippen LogP contribution >= 0.6 is 0 Å². The van der Waals surface area contributed by atoms with Gasteiger partial charge in [-0.2, -0.15) is 0 Å². The third-order valence-electron chi connectivity index (χ3n) is 2.92. The van der Waals surface area contributed by atoms with Crippen LogP contribution in [-0.4, -0.2) is 31.6 Å². The van der Waals surface area contributed by atoms with Gasteiger partial charge < -0.3 is 15.4 Å². The molecule has 0 bridgehead atoms. The average Bonchev–Trinajstić information content (AvgIpc) is 2.71. The van der Waals surface area contributed by atoms with Crippen molar-refractivity contribution in [1.82, 2.24) is 10.6 Å². The number of nitrogens with one attached hydrogen (secondary N) is 2. The van der Waals surface area contributed by atoms with Crippen LogP contribution in [0.15, 0.2) is 0 Å². The lowest BCUT2D eigenvalue weighted by atomic mass is 9.93. The Morgan fingerprint density at radius 2 is 2.12 bits per heavy atom. The molecule has 1 saturated heterocycles. The summed E-state index contributed by atoms with van der Waals surface area (Å²) in [6.07, 6.45) is 0.189. The summed E-state index contributed by atoms with van der Waals surface area (Å²) in [6, 6.07) is 0.197. The molecule has 2 atom stereocenters. The summed E-state index contributed by atoms with van der Waals surface area (Å²) in [4.78, 5) is 23.4. The van der Waals surface area contributed by atoms with Crippen molar-refractivity contribution in [1.29, 1.82) is 0 Å². The van der Waals surface area contributed by atoms with E-state index in [1.165, 1.54) is 7.11 Å². The van der Waals surface area contributed by atoms with Crippen LogP contribution in [0.25, 0.3) is 0 Å². The van der Waals surface area contributed by atoms with Gasteiger partial charge in [0.1, 0.15) is 6.04 Å². The van der Waals surface area contributed by atoms with Crippen LogP contribution in [0, 0.1) is 17.9 Å². The quantitative estimate of drug-likeness (QED) is 0.773. The van der Waals surface area contributed by atoms with Gasteiger partial charge in [0.15, 0.2) is 5.78 Å². The maximum atomic E-state index is 12.2. The van der Waals surface area contributed by atoms with Crippen LogP contribution in [0.2, 0.25) is 0 Å². The largest absolute Gasteiger partial charge is 0.453 e. The molecule has 1 amide bonds.